The highest BCUT2D eigenvalue weighted by molar-refractivity contribution is 6.83. The van der Waals surface area contributed by atoms with E-state index < -0.39 is 8.24 Å². The topological polar surface area (TPSA) is 12.0 Å². The van der Waals surface area contributed by atoms with Crippen LogP contribution in [0.15, 0.2) is 40.6 Å². The van der Waals surface area contributed by atoms with Crippen molar-refractivity contribution < 1.29 is 4.39 Å². The van der Waals surface area contributed by atoms with E-state index in [1.165, 1.54) is 16.3 Å². The number of halogens is 1. The normalized spacial score (nSPS) is 19.8. The molecule has 23 heavy (non-hydrogen) atoms. The summed E-state index contributed by atoms with van der Waals surface area (Å²) in [7, 11) is -1.90. The molecule has 0 aliphatic heterocycles. The lowest BCUT2D eigenvalue weighted by Gasteiger charge is -2.37. The van der Waals surface area contributed by atoms with Gasteiger partial charge in [-0.05, 0) is 57.7 Å². The summed E-state index contributed by atoms with van der Waals surface area (Å²) < 4.78 is 14.5. The summed E-state index contributed by atoms with van der Waals surface area (Å²) in [5, 5.41) is 1.42. The Bertz CT molecular complexity index is 677. The highest BCUT2D eigenvalue weighted by atomic mass is 28.3. The van der Waals surface area contributed by atoms with E-state index in [1.54, 1.807) is 12.1 Å². The molecule has 0 radical (unpaired) electrons. The van der Waals surface area contributed by atoms with Crippen LogP contribution in [0.3, 0.4) is 0 Å². The molecule has 3 heteroatoms. The molecule has 0 aromatic heterocycles. The van der Waals surface area contributed by atoms with Crippen molar-refractivity contribution in [3.8, 4) is 0 Å². The number of hydrogen-bond acceptors (Lipinski definition) is 1. The Morgan fingerprint density at radius 2 is 1.65 bits per heavy atom. The third-order valence-corrected chi connectivity index (χ3v) is 8.23. The highest BCUT2D eigenvalue weighted by Gasteiger charge is 2.40. The van der Waals surface area contributed by atoms with Crippen LogP contribution in [-0.2, 0) is 0 Å². The molecule has 1 aliphatic carbocycles. The predicted octanol–water partition coefficient (Wildman–Crippen LogP) is 5.70. The van der Waals surface area contributed by atoms with Gasteiger partial charge in [0.25, 0.3) is 0 Å². The maximum atomic E-state index is 14.5. The van der Waals surface area contributed by atoms with Crippen molar-refractivity contribution >= 4 is 13.8 Å². The molecule has 1 nitrogen and oxygen atoms in total. The van der Waals surface area contributed by atoms with Gasteiger partial charge in [-0.25, -0.2) is 4.39 Å². The van der Waals surface area contributed by atoms with Crippen LogP contribution in [0.5, 0.6) is 0 Å². The van der Waals surface area contributed by atoms with Crippen molar-refractivity contribution in [1.82, 2.24) is 4.98 Å². The van der Waals surface area contributed by atoms with E-state index in [1.807, 2.05) is 12.1 Å². The van der Waals surface area contributed by atoms with E-state index in [0.29, 0.717) is 5.92 Å². The molecule has 0 spiro atoms. The minimum absolute atomic E-state index is 0.0488. The molecule has 0 fully saturated rings. The van der Waals surface area contributed by atoms with Crippen LogP contribution >= 0.6 is 0 Å². The smallest absolute Gasteiger partial charge is 0.149 e. The standard InChI is InChI=1S/C20H30FNSi/c1-13-14(2)18(16-11-9-10-12-17(16)21)19(15(13)3)23(7,8)22-20(4,5)6/h9-12,15,22H,1-8H3. The Hall–Kier alpha value is -1.19. The lowest BCUT2D eigenvalue weighted by atomic mass is 10.00. The molecule has 1 aromatic rings. The van der Waals surface area contributed by atoms with Gasteiger partial charge in [0.1, 0.15) is 14.1 Å². The monoisotopic (exact) mass is 331 g/mol. The van der Waals surface area contributed by atoms with Gasteiger partial charge in [-0.3, -0.25) is 0 Å². The van der Waals surface area contributed by atoms with Gasteiger partial charge in [-0.2, -0.15) is 0 Å². The van der Waals surface area contributed by atoms with Crippen molar-refractivity contribution in [3.63, 3.8) is 0 Å². The third-order valence-electron chi connectivity index (χ3n) is 4.82. The van der Waals surface area contributed by atoms with Crippen LogP contribution in [-0.4, -0.2) is 13.8 Å². The predicted molar refractivity (Wildman–Crippen MR) is 101 cm³/mol. The number of rotatable bonds is 3. The summed E-state index contributed by atoms with van der Waals surface area (Å²) in [6.07, 6.45) is 0. The fourth-order valence-corrected chi connectivity index (χ4v) is 8.28. The SMILES string of the molecule is CC1=C(C)C(C)C([Si](C)(C)NC(C)(C)C)=C1c1ccccc1F. The zero-order chi connectivity index (χ0) is 17.6. The van der Waals surface area contributed by atoms with E-state index in [4.69, 9.17) is 0 Å². The highest BCUT2D eigenvalue weighted by Crippen LogP contribution is 2.46. The molecular weight excluding hydrogens is 301 g/mol. The molecule has 0 bridgehead atoms. The van der Waals surface area contributed by atoms with Crippen LogP contribution in [0.25, 0.3) is 5.57 Å². The summed E-state index contributed by atoms with van der Waals surface area (Å²) in [5.41, 5.74) is 4.55. The molecular formula is C20H30FNSi. The Labute approximate surface area is 141 Å². The minimum atomic E-state index is -1.90. The lowest BCUT2D eigenvalue weighted by molar-refractivity contribution is 0.512. The van der Waals surface area contributed by atoms with Crippen molar-refractivity contribution in [1.29, 1.82) is 0 Å². The number of allylic oxidation sites excluding steroid dienone is 4. The second-order valence-electron chi connectivity index (χ2n) is 8.30. The third kappa shape index (κ3) is 3.51. The van der Waals surface area contributed by atoms with Gasteiger partial charge in [0, 0.05) is 11.1 Å². The Morgan fingerprint density at radius 1 is 1.09 bits per heavy atom. The first kappa shape index (κ1) is 18.1. The van der Waals surface area contributed by atoms with Gasteiger partial charge < -0.3 is 4.98 Å². The van der Waals surface area contributed by atoms with Crippen LogP contribution < -0.4 is 4.98 Å². The maximum absolute atomic E-state index is 14.5. The molecule has 1 aromatic carbocycles. The fraction of sp³-hybridized carbons (Fsp3) is 0.500. The van der Waals surface area contributed by atoms with E-state index in [-0.39, 0.29) is 11.4 Å². The van der Waals surface area contributed by atoms with Crippen molar-refractivity contribution in [2.75, 3.05) is 0 Å². The second kappa shape index (κ2) is 6.03. The van der Waals surface area contributed by atoms with Gasteiger partial charge in [0.2, 0.25) is 0 Å². The molecule has 2 rings (SSSR count). The van der Waals surface area contributed by atoms with E-state index in [0.717, 1.165) is 11.1 Å². The van der Waals surface area contributed by atoms with Gasteiger partial charge in [0.15, 0.2) is 0 Å². The molecule has 1 aliphatic rings. The van der Waals surface area contributed by atoms with Gasteiger partial charge in [-0.15, -0.1) is 0 Å². The zero-order valence-corrected chi connectivity index (χ0v) is 16.8. The molecule has 1 atom stereocenters. The number of benzene rings is 1. The quantitative estimate of drug-likeness (QED) is 0.701. The largest absolute Gasteiger partial charge is 0.329 e. The minimum Gasteiger partial charge on any atom is -0.329 e. The van der Waals surface area contributed by atoms with E-state index in [2.05, 4.69) is 59.6 Å². The van der Waals surface area contributed by atoms with E-state index >= 15 is 0 Å². The first-order chi connectivity index (χ1) is 10.5. The second-order valence-corrected chi connectivity index (χ2v) is 12.3. The lowest BCUT2D eigenvalue weighted by Crippen LogP contribution is -2.56. The molecule has 0 saturated heterocycles. The summed E-state index contributed by atoms with van der Waals surface area (Å²) in [4.78, 5) is 3.86. The average molecular weight is 332 g/mol. The van der Waals surface area contributed by atoms with Crippen LogP contribution in [0.2, 0.25) is 13.1 Å². The van der Waals surface area contributed by atoms with Crippen molar-refractivity contribution in [2.24, 2.45) is 5.92 Å². The molecule has 126 valence electrons. The first-order valence-electron chi connectivity index (χ1n) is 8.42. The molecule has 1 unspecified atom stereocenters. The summed E-state index contributed by atoms with van der Waals surface area (Å²) in [6, 6.07) is 7.18. The Kier molecular flexibility index (Phi) is 4.75. The first-order valence-corrected chi connectivity index (χ1v) is 11.4. The summed E-state index contributed by atoms with van der Waals surface area (Å²) >= 11 is 0. The summed E-state index contributed by atoms with van der Waals surface area (Å²) in [5.74, 6) is 0.253. The van der Waals surface area contributed by atoms with Gasteiger partial charge >= 0.3 is 0 Å². The Morgan fingerprint density at radius 3 is 2.17 bits per heavy atom. The Balaban J connectivity index is 2.68. The number of nitrogens with one attached hydrogen (secondary N) is 1. The molecule has 1 N–H and O–H groups in total. The molecule has 0 amide bonds. The van der Waals surface area contributed by atoms with Gasteiger partial charge in [-0.1, -0.05) is 49.0 Å². The summed E-state index contributed by atoms with van der Waals surface area (Å²) in [6.45, 7) is 17.9. The van der Waals surface area contributed by atoms with Crippen molar-refractivity contribution in [2.45, 2.75) is 60.2 Å². The van der Waals surface area contributed by atoms with Crippen LogP contribution in [0, 0.1) is 11.7 Å². The zero-order valence-electron chi connectivity index (χ0n) is 15.8. The average Bonchev–Trinajstić information content (AvgIpc) is 2.62. The van der Waals surface area contributed by atoms with E-state index in [9.17, 15) is 4.39 Å². The van der Waals surface area contributed by atoms with Crippen LogP contribution in [0.1, 0.15) is 47.1 Å². The maximum Gasteiger partial charge on any atom is 0.149 e. The molecule has 0 saturated carbocycles. The van der Waals surface area contributed by atoms with Crippen molar-refractivity contribution in [3.05, 3.63) is 52.0 Å². The van der Waals surface area contributed by atoms with Crippen LogP contribution in [0.4, 0.5) is 4.39 Å². The molecule has 0 heterocycles. The number of hydrogen-bond donors (Lipinski definition) is 1. The van der Waals surface area contributed by atoms with Gasteiger partial charge in [0.05, 0.1) is 0 Å². The fourth-order valence-electron chi connectivity index (χ4n) is 4.03.